The molecule has 0 aromatic carbocycles. The molecule has 1 aromatic heterocycles. The van der Waals surface area contributed by atoms with Gasteiger partial charge in [0.15, 0.2) is 0 Å². The van der Waals surface area contributed by atoms with Crippen LogP contribution >= 0.6 is 0 Å². The van der Waals surface area contributed by atoms with Crippen LogP contribution in [0.4, 0.5) is 0 Å². The highest BCUT2D eigenvalue weighted by Gasteiger charge is 2.06. The summed E-state index contributed by atoms with van der Waals surface area (Å²) in [5.41, 5.74) is 0.953. The van der Waals surface area contributed by atoms with E-state index in [-0.39, 0.29) is 12.4 Å². The van der Waals surface area contributed by atoms with Gasteiger partial charge < -0.3 is 9.84 Å². The Hall–Kier alpha value is -1.29. The van der Waals surface area contributed by atoms with Gasteiger partial charge in [-0.25, -0.2) is 4.68 Å². The van der Waals surface area contributed by atoms with E-state index in [9.17, 15) is 0 Å². The van der Waals surface area contributed by atoms with Crippen LogP contribution in [-0.2, 0) is 11.3 Å². The van der Waals surface area contributed by atoms with Crippen LogP contribution in [0.1, 0.15) is 5.69 Å². The maximum Gasteiger partial charge on any atom is 0.136 e. The molecule has 0 aliphatic carbocycles. The summed E-state index contributed by atoms with van der Waals surface area (Å²) in [7, 11) is 0. The number of aliphatic hydroxyl groups is 1. The summed E-state index contributed by atoms with van der Waals surface area (Å²) in [5, 5.41) is 13.1. The molecule has 0 unspecified atom stereocenters. The van der Waals surface area contributed by atoms with Gasteiger partial charge in [0.1, 0.15) is 12.4 Å². The van der Waals surface area contributed by atoms with Crippen LogP contribution in [0.5, 0.6) is 0 Å². The van der Waals surface area contributed by atoms with E-state index in [1.807, 2.05) is 6.07 Å². The molecule has 2 heterocycles. The number of ether oxygens (including phenoxy) is 1. The molecule has 0 bridgehead atoms. The van der Waals surface area contributed by atoms with Crippen molar-refractivity contribution in [3.63, 3.8) is 0 Å². The number of hydrogen-bond donors (Lipinski definition) is 1. The highest BCUT2D eigenvalue weighted by Crippen LogP contribution is 2.08. The molecule has 1 N–H and O–H groups in total. The molecule has 0 fully saturated rings. The lowest BCUT2D eigenvalue weighted by Gasteiger charge is -1.96. The Bertz CT molecular complexity index is 290. The van der Waals surface area contributed by atoms with Gasteiger partial charge in [0, 0.05) is 6.20 Å². The highest BCUT2D eigenvalue weighted by atomic mass is 16.5. The predicted octanol–water partition coefficient (Wildman–Crippen LogP) is 0.770. The molecule has 1 aliphatic rings. The molecule has 58 valence electrons. The first-order valence-corrected chi connectivity index (χ1v) is 3.36. The molecule has 0 saturated carbocycles. The van der Waals surface area contributed by atoms with E-state index in [0.29, 0.717) is 6.61 Å². The summed E-state index contributed by atoms with van der Waals surface area (Å²) in [6.07, 6.45) is 3.23. The zero-order valence-electron chi connectivity index (χ0n) is 5.90. The van der Waals surface area contributed by atoms with E-state index in [0.717, 1.165) is 5.69 Å². The van der Waals surface area contributed by atoms with Gasteiger partial charge in [-0.3, -0.25) is 0 Å². The Morgan fingerprint density at radius 1 is 1.55 bits per heavy atom. The fraction of sp³-hybridized carbons (Fsp3) is 0.286. The Balaban J connectivity index is 2.43. The Kier molecular flexibility index (Phi) is 1.40. The zero-order valence-corrected chi connectivity index (χ0v) is 5.90. The third-order valence-electron chi connectivity index (χ3n) is 1.52. The van der Waals surface area contributed by atoms with Gasteiger partial charge in [-0.2, -0.15) is 5.10 Å². The highest BCUT2D eigenvalue weighted by molar-refractivity contribution is 5.28. The molecule has 0 amide bonds. The number of nitrogens with zero attached hydrogens (tertiary/aromatic N) is 2. The molecule has 0 radical (unpaired) electrons. The Labute approximate surface area is 63.7 Å². The number of aromatic nitrogens is 2. The van der Waals surface area contributed by atoms with Crippen molar-refractivity contribution in [2.75, 3.05) is 6.61 Å². The average Bonchev–Trinajstić information content (AvgIpc) is 2.31. The lowest BCUT2D eigenvalue weighted by molar-refractivity contribution is 0.118. The Morgan fingerprint density at radius 3 is 3.36 bits per heavy atom. The van der Waals surface area contributed by atoms with Crippen LogP contribution in [0.25, 0.3) is 6.20 Å². The first-order valence-electron chi connectivity index (χ1n) is 3.36. The lowest BCUT2D eigenvalue weighted by atomic mass is 10.5. The molecule has 0 spiro atoms. The van der Waals surface area contributed by atoms with Crippen molar-refractivity contribution in [1.82, 2.24) is 9.78 Å². The maximum absolute atomic E-state index is 9.13. The molecule has 11 heavy (non-hydrogen) atoms. The molecule has 0 atom stereocenters. The van der Waals surface area contributed by atoms with Crippen molar-refractivity contribution < 1.29 is 9.84 Å². The first kappa shape index (κ1) is 6.42. The summed E-state index contributed by atoms with van der Waals surface area (Å²) < 4.78 is 6.73. The molecule has 4 heteroatoms. The summed E-state index contributed by atoms with van der Waals surface area (Å²) in [6.45, 7) is 0.768. The monoisotopic (exact) mass is 152 g/mol. The van der Waals surface area contributed by atoms with E-state index >= 15 is 0 Å². The fourth-order valence-corrected chi connectivity index (χ4v) is 1.01. The third kappa shape index (κ3) is 1.12. The van der Waals surface area contributed by atoms with Gasteiger partial charge in [0.2, 0.25) is 0 Å². The van der Waals surface area contributed by atoms with E-state index in [1.54, 1.807) is 17.1 Å². The van der Waals surface area contributed by atoms with Gasteiger partial charge in [0.05, 0.1) is 18.5 Å². The summed E-state index contributed by atoms with van der Waals surface area (Å²) >= 11 is 0. The molecule has 1 aliphatic heterocycles. The number of rotatable bonds is 0. The first-order chi connectivity index (χ1) is 5.36. The van der Waals surface area contributed by atoms with Crippen LogP contribution in [0.15, 0.2) is 18.0 Å². The summed E-state index contributed by atoms with van der Waals surface area (Å²) in [4.78, 5) is 0. The van der Waals surface area contributed by atoms with Gasteiger partial charge >= 0.3 is 0 Å². The standard InChI is InChI=1S/C7H8N2O2/c10-7-3-9-6(1-2-8-9)4-11-5-7/h1-3,10H,4-5H2. The van der Waals surface area contributed by atoms with Crippen molar-refractivity contribution >= 4 is 6.20 Å². The molecule has 4 nitrogen and oxygen atoms in total. The minimum Gasteiger partial charge on any atom is -0.508 e. The van der Waals surface area contributed by atoms with Crippen molar-refractivity contribution in [2.24, 2.45) is 0 Å². The van der Waals surface area contributed by atoms with Crippen molar-refractivity contribution in [3.8, 4) is 0 Å². The molecule has 1 aromatic rings. The van der Waals surface area contributed by atoms with Gasteiger partial charge in [-0.1, -0.05) is 0 Å². The second-order valence-electron chi connectivity index (χ2n) is 2.38. The van der Waals surface area contributed by atoms with Crippen LogP contribution in [0, 0.1) is 0 Å². The lowest BCUT2D eigenvalue weighted by Crippen LogP contribution is -1.95. The van der Waals surface area contributed by atoms with E-state index in [4.69, 9.17) is 9.84 Å². The number of aliphatic hydroxyl groups excluding tert-OH is 1. The van der Waals surface area contributed by atoms with Gasteiger partial charge in [-0.05, 0) is 6.07 Å². The molecular formula is C7H8N2O2. The minimum atomic E-state index is 0.201. The van der Waals surface area contributed by atoms with E-state index in [1.165, 1.54) is 0 Å². The fourth-order valence-electron chi connectivity index (χ4n) is 1.01. The van der Waals surface area contributed by atoms with Crippen molar-refractivity contribution in [1.29, 1.82) is 0 Å². The normalized spacial score (nSPS) is 16.9. The van der Waals surface area contributed by atoms with E-state index in [2.05, 4.69) is 5.10 Å². The summed E-state index contributed by atoms with van der Waals surface area (Å²) in [6, 6.07) is 1.86. The van der Waals surface area contributed by atoms with Crippen LogP contribution in [0.2, 0.25) is 0 Å². The Morgan fingerprint density at radius 2 is 2.45 bits per heavy atom. The largest absolute Gasteiger partial charge is 0.508 e. The SMILES string of the molecule is OC1=Cn2nccc2COC1. The van der Waals surface area contributed by atoms with E-state index < -0.39 is 0 Å². The van der Waals surface area contributed by atoms with Crippen molar-refractivity contribution in [3.05, 3.63) is 23.7 Å². The van der Waals surface area contributed by atoms with Crippen LogP contribution in [0.3, 0.4) is 0 Å². The van der Waals surface area contributed by atoms with Crippen LogP contribution in [-0.4, -0.2) is 21.5 Å². The van der Waals surface area contributed by atoms with Gasteiger partial charge in [-0.15, -0.1) is 0 Å². The minimum absolute atomic E-state index is 0.201. The number of fused-ring (bicyclic) bond motifs is 1. The smallest absolute Gasteiger partial charge is 0.136 e. The topological polar surface area (TPSA) is 47.3 Å². The quantitative estimate of drug-likeness (QED) is 0.597. The number of hydrogen-bond acceptors (Lipinski definition) is 3. The van der Waals surface area contributed by atoms with Gasteiger partial charge in [0.25, 0.3) is 0 Å². The molecule has 0 saturated heterocycles. The predicted molar refractivity (Wildman–Crippen MR) is 38.8 cm³/mol. The third-order valence-corrected chi connectivity index (χ3v) is 1.52. The molecular weight excluding hydrogens is 144 g/mol. The van der Waals surface area contributed by atoms with Crippen molar-refractivity contribution in [2.45, 2.75) is 6.61 Å². The average molecular weight is 152 g/mol. The second-order valence-corrected chi connectivity index (χ2v) is 2.38. The zero-order chi connectivity index (χ0) is 7.68. The summed E-state index contributed by atoms with van der Waals surface area (Å²) in [5.74, 6) is 0.201. The maximum atomic E-state index is 9.13. The second kappa shape index (κ2) is 2.39. The molecule has 2 rings (SSSR count). The van der Waals surface area contributed by atoms with Crippen LogP contribution < -0.4 is 0 Å².